The summed E-state index contributed by atoms with van der Waals surface area (Å²) in [5, 5.41) is 5.82. The van der Waals surface area contributed by atoms with Gasteiger partial charge < -0.3 is 11.1 Å². The summed E-state index contributed by atoms with van der Waals surface area (Å²) < 4.78 is 0. The third kappa shape index (κ3) is 3.53. The van der Waals surface area contributed by atoms with Crippen LogP contribution in [0.1, 0.15) is 38.5 Å². The molecule has 7 rings (SSSR count). The fraction of sp³-hybridized carbons (Fsp3) is 0.385. The number of rotatable bonds is 6. The first-order chi connectivity index (χ1) is 15.7. The van der Waals surface area contributed by atoms with E-state index in [0.29, 0.717) is 11.5 Å². The minimum atomic E-state index is 0.146. The van der Waals surface area contributed by atoms with E-state index in [1.807, 2.05) is 41.4 Å². The molecule has 4 aliphatic carbocycles. The number of hydrogen-bond donors (Lipinski definition) is 3. The fourth-order valence-corrected chi connectivity index (χ4v) is 6.64. The zero-order valence-corrected chi connectivity index (χ0v) is 18.2. The molecular weight excluding hydrogens is 396 g/mol. The maximum absolute atomic E-state index is 6.64. The molecule has 164 valence electrons. The summed E-state index contributed by atoms with van der Waals surface area (Å²) in [7, 11) is 0. The van der Waals surface area contributed by atoms with Crippen molar-refractivity contribution in [1.29, 1.82) is 0 Å². The van der Waals surface area contributed by atoms with Gasteiger partial charge in [0.05, 0.1) is 11.4 Å². The van der Waals surface area contributed by atoms with Gasteiger partial charge in [0.2, 0.25) is 0 Å². The molecule has 2 aromatic carbocycles. The molecule has 4 fully saturated rings. The normalized spacial score (nSPS) is 27.8. The van der Waals surface area contributed by atoms with Crippen LogP contribution in [-0.4, -0.2) is 15.5 Å². The summed E-state index contributed by atoms with van der Waals surface area (Å²) in [5.74, 6) is 3.95. The first-order valence-electron chi connectivity index (χ1n) is 11.7. The Morgan fingerprint density at radius 1 is 0.750 bits per heavy atom. The zero-order valence-electron chi connectivity index (χ0n) is 18.2. The number of nitrogens with two attached hydrogens (primary N) is 1. The average Bonchev–Trinajstić information content (AvgIpc) is 2.80. The van der Waals surface area contributed by atoms with Crippen LogP contribution in [0.2, 0.25) is 0 Å². The van der Waals surface area contributed by atoms with Gasteiger partial charge in [-0.05, 0) is 80.5 Å². The molecule has 4 saturated carbocycles. The summed E-state index contributed by atoms with van der Waals surface area (Å²) in [4.78, 5) is 9.06. The molecule has 0 atom stereocenters. The Hall–Kier alpha value is -3.28. The molecule has 0 unspecified atom stereocenters. The number of hydrogen-bond acceptors (Lipinski definition) is 6. The molecule has 6 heteroatoms. The molecule has 1 aromatic heterocycles. The molecule has 0 amide bonds. The fourth-order valence-electron chi connectivity index (χ4n) is 6.64. The van der Waals surface area contributed by atoms with Crippen LogP contribution in [0.15, 0.2) is 67.0 Å². The molecular formula is C26H30N6. The van der Waals surface area contributed by atoms with Gasteiger partial charge in [0.1, 0.15) is 12.0 Å². The Labute approximate surface area is 189 Å². The number of aromatic nitrogens is 2. The molecule has 4 bridgehead atoms. The minimum Gasteiger partial charge on any atom is -0.393 e. The number of nitrogens with zero attached hydrogens (tertiary/aromatic N) is 3. The summed E-state index contributed by atoms with van der Waals surface area (Å²) in [6.07, 6.45) is 9.57. The molecule has 4 aliphatic rings. The van der Waals surface area contributed by atoms with E-state index in [1.165, 1.54) is 38.5 Å². The molecule has 1 heterocycles. The highest BCUT2D eigenvalue weighted by molar-refractivity contribution is 5.78. The Morgan fingerprint density at radius 3 is 1.78 bits per heavy atom. The average molecular weight is 427 g/mol. The standard InChI is InChI=1S/C26H30N6/c27-23-24(30-26-14-18-11-19(15-26)13-20(12-18)16-26)28-17-29-25(23)31-32(21-7-3-1-4-8-21)22-9-5-2-6-10-22/h1-10,17-20H,11-16,27H2,(H2,28,29,30,31). The summed E-state index contributed by atoms with van der Waals surface area (Å²) in [6, 6.07) is 20.4. The largest absolute Gasteiger partial charge is 0.393 e. The van der Waals surface area contributed by atoms with Gasteiger partial charge in [0.25, 0.3) is 0 Å². The van der Waals surface area contributed by atoms with Crippen LogP contribution in [0.25, 0.3) is 0 Å². The lowest BCUT2D eigenvalue weighted by Crippen LogP contribution is -2.55. The van der Waals surface area contributed by atoms with Crippen molar-refractivity contribution in [3.63, 3.8) is 0 Å². The predicted octanol–water partition coefficient (Wildman–Crippen LogP) is 5.60. The molecule has 3 aromatic rings. The van der Waals surface area contributed by atoms with E-state index in [0.717, 1.165) is 34.9 Å². The highest BCUT2D eigenvalue weighted by Gasteiger charge is 2.51. The number of para-hydroxylation sites is 2. The third-order valence-electron chi connectivity index (χ3n) is 7.55. The lowest BCUT2D eigenvalue weighted by atomic mass is 9.53. The second-order valence-corrected chi connectivity index (χ2v) is 9.93. The van der Waals surface area contributed by atoms with Gasteiger partial charge in [-0.3, -0.25) is 10.4 Å². The van der Waals surface area contributed by atoms with Gasteiger partial charge in [-0.2, -0.15) is 0 Å². The first-order valence-corrected chi connectivity index (χ1v) is 11.7. The Morgan fingerprint density at radius 2 is 1.25 bits per heavy atom. The van der Waals surface area contributed by atoms with Crippen LogP contribution in [0, 0.1) is 17.8 Å². The van der Waals surface area contributed by atoms with Crippen LogP contribution >= 0.6 is 0 Å². The number of nitrogens with one attached hydrogen (secondary N) is 2. The van der Waals surface area contributed by atoms with Crippen LogP contribution in [0.3, 0.4) is 0 Å². The zero-order chi connectivity index (χ0) is 21.5. The SMILES string of the molecule is Nc1c(NN(c2ccccc2)c2ccccc2)ncnc1NC12CC3CC(CC(C3)C1)C2. The predicted molar refractivity (Wildman–Crippen MR) is 130 cm³/mol. The molecule has 0 saturated heterocycles. The van der Waals surface area contributed by atoms with Gasteiger partial charge in [-0.25, -0.2) is 9.97 Å². The quantitative estimate of drug-likeness (QED) is 0.445. The van der Waals surface area contributed by atoms with Crippen LogP contribution in [0.5, 0.6) is 0 Å². The molecule has 32 heavy (non-hydrogen) atoms. The van der Waals surface area contributed by atoms with Crippen LogP contribution in [0.4, 0.5) is 28.7 Å². The number of hydrazine groups is 1. The highest BCUT2D eigenvalue weighted by atomic mass is 15.5. The summed E-state index contributed by atoms with van der Waals surface area (Å²) in [5.41, 5.74) is 12.8. The lowest BCUT2D eigenvalue weighted by molar-refractivity contribution is 0.0106. The van der Waals surface area contributed by atoms with E-state index >= 15 is 0 Å². The number of anilines is 5. The smallest absolute Gasteiger partial charge is 0.173 e. The highest BCUT2D eigenvalue weighted by Crippen LogP contribution is 2.56. The van der Waals surface area contributed by atoms with Crippen molar-refractivity contribution in [2.75, 3.05) is 21.5 Å². The van der Waals surface area contributed by atoms with Gasteiger partial charge in [0.15, 0.2) is 11.6 Å². The number of benzene rings is 2. The van der Waals surface area contributed by atoms with Gasteiger partial charge in [0, 0.05) is 5.54 Å². The maximum Gasteiger partial charge on any atom is 0.173 e. The molecule has 0 aliphatic heterocycles. The van der Waals surface area contributed by atoms with Crippen molar-refractivity contribution in [2.24, 2.45) is 17.8 Å². The van der Waals surface area contributed by atoms with Gasteiger partial charge >= 0.3 is 0 Å². The number of nitrogen functional groups attached to an aromatic ring is 1. The second kappa shape index (κ2) is 7.69. The summed E-state index contributed by atoms with van der Waals surface area (Å²) in [6.45, 7) is 0. The van der Waals surface area contributed by atoms with E-state index < -0.39 is 0 Å². The molecule has 0 radical (unpaired) electrons. The van der Waals surface area contributed by atoms with Crippen molar-refractivity contribution < 1.29 is 0 Å². The van der Waals surface area contributed by atoms with Crippen molar-refractivity contribution >= 4 is 28.7 Å². The van der Waals surface area contributed by atoms with E-state index in [4.69, 9.17) is 5.73 Å². The summed E-state index contributed by atoms with van der Waals surface area (Å²) >= 11 is 0. The minimum absolute atomic E-state index is 0.146. The van der Waals surface area contributed by atoms with Crippen LogP contribution < -0.4 is 21.5 Å². The van der Waals surface area contributed by atoms with Gasteiger partial charge in [-0.15, -0.1) is 0 Å². The maximum atomic E-state index is 6.64. The van der Waals surface area contributed by atoms with E-state index in [-0.39, 0.29) is 5.54 Å². The van der Waals surface area contributed by atoms with E-state index in [9.17, 15) is 0 Å². The van der Waals surface area contributed by atoms with E-state index in [1.54, 1.807) is 6.33 Å². The Bertz CT molecular complexity index is 1010. The van der Waals surface area contributed by atoms with Crippen molar-refractivity contribution in [3.05, 3.63) is 67.0 Å². The molecule has 6 nitrogen and oxygen atoms in total. The van der Waals surface area contributed by atoms with Crippen LogP contribution in [-0.2, 0) is 0 Å². The third-order valence-corrected chi connectivity index (χ3v) is 7.55. The molecule has 0 spiro atoms. The first kappa shape index (κ1) is 19.4. The Kier molecular flexibility index (Phi) is 4.67. The Balaban J connectivity index is 1.30. The van der Waals surface area contributed by atoms with E-state index in [2.05, 4.69) is 45.0 Å². The van der Waals surface area contributed by atoms with Crippen molar-refractivity contribution in [2.45, 2.75) is 44.1 Å². The lowest BCUT2D eigenvalue weighted by Gasteiger charge is -2.57. The van der Waals surface area contributed by atoms with Gasteiger partial charge in [-0.1, -0.05) is 36.4 Å². The second-order valence-electron chi connectivity index (χ2n) is 9.93. The van der Waals surface area contributed by atoms with Crippen molar-refractivity contribution in [3.8, 4) is 0 Å². The van der Waals surface area contributed by atoms with Crippen molar-refractivity contribution in [1.82, 2.24) is 9.97 Å². The topological polar surface area (TPSA) is 79.1 Å². The molecule has 4 N–H and O–H groups in total. The monoisotopic (exact) mass is 426 g/mol.